The van der Waals surface area contributed by atoms with Gasteiger partial charge in [-0.2, -0.15) is 5.10 Å². The highest BCUT2D eigenvalue weighted by molar-refractivity contribution is 5.76. The van der Waals surface area contributed by atoms with E-state index in [9.17, 15) is 9.59 Å². The highest BCUT2D eigenvalue weighted by Crippen LogP contribution is 2.49. The zero-order valence-corrected chi connectivity index (χ0v) is 16.3. The number of carbonyl (C=O) groups is 1. The summed E-state index contributed by atoms with van der Waals surface area (Å²) < 4.78 is 3.18. The standard InChI is InChI=1S/C20H25N7O2/c28-18(22-15-4-9-26-14-21-23-17(26)12-15)13-27-19(29)3-2-16(24-27)25-10-7-20(8-11-25)5-1-6-20/h2-4,9,12,21,23H,1,5-8,10-11,13-14H2. The first-order valence-electron chi connectivity index (χ1n) is 10.2. The van der Waals surface area contributed by atoms with Crippen LogP contribution < -0.4 is 26.7 Å². The third-order valence-corrected chi connectivity index (χ3v) is 6.44. The highest BCUT2D eigenvalue weighted by atomic mass is 16.2. The van der Waals surface area contributed by atoms with Gasteiger partial charge in [-0.25, -0.2) is 15.1 Å². The Morgan fingerprint density at radius 3 is 2.76 bits per heavy atom. The largest absolute Gasteiger partial charge is 0.355 e. The number of aromatic nitrogens is 3. The van der Waals surface area contributed by atoms with Gasteiger partial charge in [0.1, 0.15) is 18.2 Å². The van der Waals surface area contributed by atoms with Crippen LogP contribution in [0.5, 0.6) is 0 Å². The van der Waals surface area contributed by atoms with Gasteiger partial charge in [0, 0.05) is 31.4 Å². The molecule has 0 bridgehead atoms. The molecule has 1 spiro atoms. The van der Waals surface area contributed by atoms with Crippen LogP contribution in [-0.2, 0) is 18.0 Å². The van der Waals surface area contributed by atoms with Crippen LogP contribution in [0.15, 0.2) is 40.2 Å². The summed E-state index contributed by atoms with van der Waals surface area (Å²) in [5.41, 5.74) is 6.25. The summed E-state index contributed by atoms with van der Waals surface area (Å²) in [5.74, 6) is 1.20. The van der Waals surface area contributed by atoms with Crippen molar-refractivity contribution in [2.45, 2.75) is 45.3 Å². The molecule has 0 aromatic carbocycles. The van der Waals surface area contributed by atoms with Gasteiger partial charge < -0.3 is 14.9 Å². The van der Waals surface area contributed by atoms with Gasteiger partial charge in [0.15, 0.2) is 0 Å². The molecule has 152 valence electrons. The van der Waals surface area contributed by atoms with Crippen molar-refractivity contribution in [2.75, 3.05) is 23.4 Å². The van der Waals surface area contributed by atoms with E-state index in [-0.39, 0.29) is 12.1 Å². The predicted octanol–water partition coefficient (Wildman–Crippen LogP) is 0.830. The maximum Gasteiger partial charge on any atom is 0.268 e. The van der Waals surface area contributed by atoms with Crippen LogP contribution in [0, 0.1) is 5.41 Å². The van der Waals surface area contributed by atoms with Gasteiger partial charge in [-0.1, -0.05) is 6.42 Å². The van der Waals surface area contributed by atoms with E-state index in [1.807, 2.05) is 10.8 Å². The first kappa shape index (κ1) is 18.1. The zero-order chi connectivity index (χ0) is 19.8. The van der Waals surface area contributed by atoms with Gasteiger partial charge in [-0.3, -0.25) is 9.59 Å². The van der Waals surface area contributed by atoms with Gasteiger partial charge in [0.05, 0.1) is 12.0 Å². The van der Waals surface area contributed by atoms with Crippen LogP contribution in [0.4, 0.5) is 11.6 Å². The Morgan fingerprint density at radius 2 is 2.00 bits per heavy atom. The molecule has 2 aliphatic heterocycles. The number of hydrogen-bond acceptors (Lipinski definition) is 6. The number of nitrogens with zero attached hydrogens (tertiary/aromatic N) is 5. The van der Waals surface area contributed by atoms with E-state index in [0.29, 0.717) is 17.4 Å². The van der Waals surface area contributed by atoms with Gasteiger partial charge >= 0.3 is 0 Å². The Hall–Kier alpha value is -2.94. The van der Waals surface area contributed by atoms with Crippen LogP contribution >= 0.6 is 0 Å². The fraction of sp³-hybridized carbons (Fsp3) is 0.500. The predicted molar refractivity (Wildman–Crippen MR) is 108 cm³/mol. The lowest BCUT2D eigenvalue weighted by Gasteiger charge is -2.48. The molecule has 9 nitrogen and oxygen atoms in total. The first-order valence-corrected chi connectivity index (χ1v) is 10.2. The van der Waals surface area contributed by atoms with E-state index in [1.165, 1.54) is 42.9 Å². The molecule has 1 aliphatic carbocycles. The summed E-state index contributed by atoms with van der Waals surface area (Å²) in [7, 11) is 0. The van der Waals surface area contributed by atoms with E-state index < -0.39 is 5.91 Å². The molecule has 2 N–H and O–H groups in total. The van der Waals surface area contributed by atoms with E-state index >= 15 is 0 Å². The second-order valence-corrected chi connectivity index (χ2v) is 8.23. The van der Waals surface area contributed by atoms with E-state index in [1.54, 1.807) is 18.2 Å². The van der Waals surface area contributed by atoms with Gasteiger partial charge in [-0.05, 0) is 43.2 Å². The smallest absolute Gasteiger partial charge is 0.268 e. The Morgan fingerprint density at radius 1 is 1.17 bits per heavy atom. The molecule has 4 heterocycles. The molecule has 2 fully saturated rings. The lowest BCUT2D eigenvalue weighted by Crippen LogP contribution is -2.44. The average Bonchev–Trinajstić information content (AvgIpc) is 3.16. The molecule has 0 unspecified atom stereocenters. The minimum atomic E-state index is -0.403. The van der Waals surface area contributed by atoms with Crippen molar-refractivity contribution in [1.29, 1.82) is 0 Å². The van der Waals surface area contributed by atoms with E-state index in [0.717, 1.165) is 24.7 Å². The van der Waals surface area contributed by atoms with Crippen molar-refractivity contribution < 1.29 is 4.79 Å². The minimum Gasteiger partial charge on any atom is -0.355 e. The maximum absolute atomic E-state index is 12.4. The minimum absolute atomic E-state index is 0.166. The lowest BCUT2D eigenvalue weighted by molar-refractivity contribution is -0.118. The van der Waals surface area contributed by atoms with Crippen LogP contribution in [0.3, 0.4) is 0 Å². The third kappa shape index (κ3) is 3.57. The Kier molecular flexibility index (Phi) is 4.46. The molecule has 1 saturated heterocycles. The first-order chi connectivity index (χ1) is 14.1. The second-order valence-electron chi connectivity index (χ2n) is 8.23. The Labute approximate surface area is 168 Å². The number of amides is 1. The van der Waals surface area contributed by atoms with Crippen molar-refractivity contribution in [2.24, 2.45) is 10.4 Å². The summed E-state index contributed by atoms with van der Waals surface area (Å²) in [6, 6.07) is 6.81. The monoisotopic (exact) mass is 395 g/mol. The van der Waals surface area contributed by atoms with E-state index in [2.05, 4.69) is 25.8 Å². The summed E-state index contributed by atoms with van der Waals surface area (Å²) in [5, 5.41) is 4.99. The molecule has 9 heteroatoms. The number of hydrazine groups is 1. The fourth-order valence-electron chi connectivity index (χ4n) is 4.46. The highest BCUT2D eigenvalue weighted by Gasteiger charge is 2.39. The molecule has 29 heavy (non-hydrogen) atoms. The molecule has 2 aromatic heterocycles. The SMILES string of the molecule is O=C(Cn1nc(N2CCC3(CCC3)CC2)ccc1=O)N=c1ccn2c(c1)NNC2. The molecule has 2 aromatic rings. The van der Waals surface area contributed by atoms with Crippen molar-refractivity contribution in [3.8, 4) is 0 Å². The lowest BCUT2D eigenvalue weighted by atomic mass is 9.63. The topological polar surface area (TPSA) is 96.6 Å². The van der Waals surface area contributed by atoms with Crippen LogP contribution in [-0.4, -0.2) is 33.3 Å². The molecular weight excluding hydrogens is 370 g/mol. The second kappa shape index (κ2) is 7.14. The average molecular weight is 395 g/mol. The number of pyridine rings is 1. The van der Waals surface area contributed by atoms with Crippen LogP contribution in [0.25, 0.3) is 0 Å². The Balaban J connectivity index is 1.31. The number of nitrogens with one attached hydrogen (secondary N) is 2. The normalized spacial score (nSPS) is 20.3. The molecule has 0 radical (unpaired) electrons. The quantitative estimate of drug-likeness (QED) is 0.799. The molecule has 5 rings (SSSR count). The fourth-order valence-corrected chi connectivity index (χ4v) is 4.46. The number of carbonyl (C=O) groups excluding carboxylic acids is 1. The maximum atomic E-state index is 12.4. The summed E-state index contributed by atoms with van der Waals surface area (Å²) >= 11 is 0. The number of anilines is 2. The van der Waals surface area contributed by atoms with Crippen LogP contribution in [0.1, 0.15) is 32.1 Å². The Bertz CT molecular complexity index is 1060. The van der Waals surface area contributed by atoms with Gasteiger partial charge in [-0.15, -0.1) is 0 Å². The number of piperidine rings is 1. The summed E-state index contributed by atoms with van der Waals surface area (Å²) in [6.07, 6.45) is 8.25. The van der Waals surface area contributed by atoms with Gasteiger partial charge in [0.25, 0.3) is 11.5 Å². The number of hydrogen-bond donors (Lipinski definition) is 2. The summed E-state index contributed by atoms with van der Waals surface area (Å²) in [4.78, 5) is 31.0. The molecule has 1 amide bonds. The molecule has 1 saturated carbocycles. The van der Waals surface area contributed by atoms with Crippen molar-refractivity contribution in [3.63, 3.8) is 0 Å². The number of fused-ring (bicyclic) bond motifs is 1. The third-order valence-electron chi connectivity index (χ3n) is 6.44. The van der Waals surface area contributed by atoms with Crippen LogP contribution in [0.2, 0.25) is 0 Å². The van der Waals surface area contributed by atoms with Crippen molar-refractivity contribution in [1.82, 2.24) is 19.8 Å². The zero-order valence-electron chi connectivity index (χ0n) is 16.3. The van der Waals surface area contributed by atoms with E-state index in [4.69, 9.17) is 0 Å². The molecule has 3 aliphatic rings. The van der Waals surface area contributed by atoms with Crippen molar-refractivity contribution >= 4 is 17.5 Å². The number of rotatable bonds is 3. The molecule has 0 atom stereocenters. The van der Waals surface area contributed by atoms with Gasteiger partial charge in [0.2, 0.25) is 0 Å². The van der Waals surface area contributed by atoms with Crippen molar-refractivity contribution in [3.05, 3.63) is 46.2 Å². The summed E-state index contributed by atoms with van der Waals surface area (Å²) in [6.45, 7) is 2.41. The molecular formula is C20H25N7O2.